The normalized spacial score (nSPS) is 17.5. The minimum Gasteiger partial charge on any atom is -0.381 e. The van der Waals surface area contributed by atoms with Crippen molar-refractivity contribution in [1.82, 2.24) is 9.88 Å². The van der Waals surface area contributed by atoms with Gasteiger partial charge in [-0.25, -0.2) is 0 Å². The van der Waals surface area contributed by atoms with Crippen LogP contribution in [0.2, 0.25) is 0 Å². The van der Waals surface area contributed by atoms with E-state index in [-0.39, 0.29) is 17.9 Å². The topological polar surface area (TPSA) is 60.3 Å². The largest absolute Gasteiger partial charge is 0.381 e. The smallest absolute Gasteiger partial charge is 0.239 e. The highest BCUT2D eigenvalue weighted by molar-refractivity contribution is 5.82. The molecule has 2 heterocycles. The first-order valence-corrected chi connectivity index (χ1v) is 8.09. The highest BCUT2D eigenvalue weighted by Crippen LogP contribution is 2.15. The number of carbonyl (C=O) groups excluding carboxylic acids is 1. The molecule has 1 aromatic carbocycles. The molecule has 3 rings (SSSR count). The van der Waals surface area contributed by atoms with E-state index in [0.717, 1.165) is 37.3 Å². The molecule has 1 fully saturated rings. The summed E-state index contributed by atoms with van der Waals surface area (Å²) in [6, 6.07) is 8.99. The third kappa shape index (κ3) is 3.62. The Morgan fingerprint density at radius 2 is 2.22 bits per heavy atom. The zero-order chi connectivity index (χ0) is 16.2. The van der Waals surface area contributed by atoms with Crippen LogP contribution in [-0.2, 0) is 16.1 Å². The minimum atomic E-state index is -0.0270. The number of hydrogen-bond acceptors (Lipinski definition) is 3. The quantitative estimate of drug-likeness (QED) is 0.916. The van der Waals surface area contributed by atoms with Gasteiger partial charge in [0.15, 0.2) is 5.43 Å². The highest BCUT2D eigenvalue weighted by Gasteiger charge is 2.15. The number of nitrogens with zero attached hydrogens (tertiary/aromatic N) is 1. The van der Waals surface area contributed by atoms with E-state index >= 15 is 0 Å². The summed E-state index contributed by atoms with van der Waals surface area (Å²) in [5.41, 5.74) is 1.60. The molecular formula is C18H22N2O3. The summed E-state index contributed by atoms with van der Waals surface area (Å²) in [6.45, 7) is 4.40. The Kier molecular flexibility index (Phi) is 4.76. The first-order valence-electron chi connectivity index (χ1n) is 8.09. The van der Waals surface area contributed by atoms with Crippen molar-refractivity contribution >= 4 is 16.8 Å². The fourth-order valence-corrected chi connectivity index (χ4v) is 3.09. The Morgan fingerprint density at radius 1 is 1.39 bits per heavy atom. The van der Waals surface area contributed by atoms with Crippen LogP contribution >= 0.6 is 0 Å². The van der Waals surface area contributed by atoms with Crippen LogP contribution in [0.5, 0.6) is 0 Å². The van der Waals surface area contributed by atoms with Crippen LogP contribution in [-0.4, -0.2) is 30.2 Å². The number of aromatic nitrogens is 1. The first kappa shape index (κ1) is 15.7. The van der Waals surface area contributed by atoms with Crippen molar-refractivity contribution < 1.29 is 9.53 Å². The molecule has 23 heavy (non-hydrogen) atoms. The molecule has 1 aliphatic rings. The Balaban J connectivity index is 1.68. The molecule has 1 saturated heterocycles. The van der Waals surface area contributed by atoms with Crippen molar-refractivity contribution in [2.45, 2.75) is 26.3 Å². The second-order valence-electron chi connectivity index (χ2n) is 6.12. The van der Waals surface area contributed by atoms with Gasteiger partial charge in [0, 0.05) is 36.9 Å². The van der Waals surface area contributed by atoms with E-state index in [0.29, 0.717) is 17.8 Å². The van der Waals surface area contributed by atoms with Crippen LogP contribution in [0.4, 0.5) is 0 Å². The van der Waals surface area contributed by atoms with E-state index in [4.69, 9.17) is 4.74 Å². The molecule has 1 N–H and O–H groups in total. The summed E-state index contributed by atoms with van der Waals surface area (Å²) in [5, 5.41) is 3.62. The number of pyridine rings is 1. The van der Waals surface area contributed by atoms with Gasteiger partial charge in [0.2, 0.25) is 5.91 Å². The summed E-state index contributed by atoms with van der Waals surface area (Å²) in [5.74, 6) is 0.533. The Morgan fingerprint density at radius 3 is 3.00 bits per heavy atom. The monoisotopic (exact) mass is 314 g/mol. The molecule has 0 unspecified atom stereocenters. The average Bonchev–Trinajstić information content (AvgIpc) is 3.05. The van der Waals surface area contributed by atoms with Crippen molar-refractivity contribution in [3.63, 3.8) is 0 Å². The van der Waals surface area contributed by atoms with Gasteiger partial charge in [-0.2, -0.15) is 0 Å². The molecule has 0 aliphatic carbocycles. The van der Waals surface area contributed by atoms with Crippen LogP contribution in [0.15, 0.2) is 35.1 Å². The molecule has 122 valence electrons. The zero-order valence-electron chi connectivity index (χ0n) is 13.4. The molecule has 5 heteroatoms. The van der Waals surface area contributed by atoms with E-state index in [1.165, 1.54) is 0 Å². The zero-order valence-corrected chi connectivity index (χ0v) is 13.4. The number of hydrogen-bond donors (Lipinski definition) is 1. The molecule has 0 bridgehead atoms. The number of nitrogens with one attached hydrogen (secondary N) is 1. The van der Waals surface area contributed by atoms with Crippen molar-refractivity contribution in [2.75, 3.05) is 19.8 Å². The number of fused-ring (bicyclic) bond motifs is 1. The van der Waals surface area contributed by atoms with Gasteiger partial charge >= 0.3 is 0 Å². The lowest BCUT2D eigenvalue weighted by Gasteiger charge is -2.15. The van der Waals surface area contributed by atoms with Crippen LogP contribution in [0.1, 0.15) is 18.5 Å². The lowest BCUT2D eigenvalue weighted by atomic mass is 10.1. The summed E-state index contributed by atoms with van der Waals surface area (Å²) in [7, 11) is 0. The Hall–Kier alpha value is -2.14. The van der Waals surface area contributed by atoms with E-state index < -0.39 is 0 Å². The fourth-order valence-electron chi connectivity index (χ4n) is 3.09. The van der Waals surface area contributed by atoms with Crippen molar-refractivity contribution in [3.8, 4) is 0 Å². The number of amides is 1. The summed E-state index contributed by atoms with van der Waals surface area (Å²) >= 11 is 0. The lowest BCUT2D eigenvalue weighted by Crippen LogP contribution is -2.30. The van der Waals surface area contributed by atoms with Gasteiger partial charge in [-0.3, -0.25) is 9.59 Å². The third-order valence-electron chi connectivity index (χ3n) is 4.43. The number of rotatable bonds is 5. The summed E-state index contributed by atoms with van der Waals surface area (Å²) < 4.78 is 7.23. The van der Waals surface area contributed by atoms with Crippen molar-refractivity contribution in [1.29, 1.82) is 0 Å². The molecule has 1 atom stereocenters. The Bertz CT molecular complexity index is 760. The molecule has 2 aromatic rings. The van der Waals surface area contributed by atoms with E-state index in [1.807, 2.05) is 29.7 Å². The van der Waals surface area contributed by atoms with Gasteiger partial charge in [-0.15, -0.1) is 0 Å². The fraction of sp³-hybridized carbons (Fsp3) is 0.444. The number of benzene rings is 1. The molecule has 1 aromatic heterocycles. The summed E-state index contributed by atoms with van der Waals surface area (Å²) in [6.07, 6.45) is 2.04. The maximum absolute atomic E-state index is 12.2. The standard InChI is InChI=1S/C18H22N2O3/c1-13-10-17(21)15-4-2-3-5-16(15)20(13)11-18(22)19-8-6-14-7-9-23-12-14/h2-5,10,14H,6-9,11-12H2,1H3,(H,19,22)/t14-/m0/s1. The molecule has 0 radical (unpaired) electrons. The molecule has 5 nitrogen and oxygen atoms in total. The molecule has 0 saturated carbocycles. The number of para-hydroxylation sites is 1. The van der Waals surface area contributed by atoms with Crippen molar-refractivity contribution in [3.05, 3.63) is 46.2 Å². The van der Waals surface area contributed by atoms with Gasteiger partial charge in [-0.05, 0) is 37.8 Å². The number of aryl methyl sites for hydroxylation is 1. The first-order chi connectivity index (χ1) is 11.1. The maximum atomic E-state index is 12.2. The number of ether oxygens (including phenoxy) is 1. The van der Waals surface area contributed by atoms with E-state index in [1.54, 1.807) is 12.1 Å². The van der Waals surface area contributed by atoms with Crippen molar-refractivity contribution in [2.24, 2.45) is 5.92 Å². The minimum absolute atomic E-state index is 0.00371. The predicted octanol–water partition coefficient (Wildman–Crippen LogP) is 1.85. The van der Waals surface area contributed by atoms with Gasteiger partial charge in [0.05, 0.1) is 5.52 Å². The average molecular weight is 314 g/mol. The van der Waals surface area contributed by atoms with Crippen LogP contribution in [0.3, 0.4) is 0 Å². The van der Waals surface area contributed by atoms with Crippen LogP contribution in [0, 0.1) is 12.8 Å². The van der Waals surface area contributed by atoms with Crippen LogP contribution in [0.25, 0.3) is 10.9 Å². The van der Waals surface area contributed by atoms with E-state index in [9.17, 15) is 9.59 Å². The van der Waals surface area contributed by atoms with Gasteiger partial charge in [0.1, 0.15) is 6.54 Å². The van der Waals surface area contributed by atoms with Crippen LogP contribution < -0.4 is 10.7 Å². The number of carbonyl (C=O) groups is 1. The molecular weight excluding hydrogens is 292 g/mol. The predicted molar refractivity (Wildman–Crippen MR) is 89.5 cm³/mol. The Labute approximate surface area is 135 Å². The van der Waals surface area contributed by atoms with Gasteiger partial charge in [0.25, 0.3) is 0 Å². The lowest BCUT2D eigenvalue weighted by molar-refractivity contribution is -0.121. The highest BCUT2D eigenvalue weighted by atomic mass is 16.5. The van der Waals surface area contributed by atoms with Gasteiger partial charge in [-0.1, -0.05) is 12.1 Å². The van der Waals surface area contributed by atoms with Gasteiger partial charge < -0.3 is 14.6 Å². The summed E-state index contributed by atoms with van der Waals surface area (Å²) in [4.78, 5) is 24.3. The third-order valence-corrected chi connectivity index (χ3v) is 4.43. The second-order valence-corrected chi connectivity index (χ2v) is 6.12. The maximum Gasteiger partial charge on any atom is 0.239 e. The molecule has 1 aliphatic heterocycles. The second kappa shape index (κ2) is 6.96. The molecule has 1 amide bonds. The SMILES string of the molecule is Cc1cc(=O)c2ccccc2n1CC(=O)NCC[C@H]1CCOC1. The van der Waals surface area contributed by atoms with E-state index in [2.05, 4.69) is 5.32 Å². The molecule has 0 spiro atoms.